The maximum atomic E-state index is 12.6. The van der Waals surface area contributed by atoms with Gasteiger partial charge in [0.1, 0.15) is 6.04 Å². The first-order chi connectivity index (χ1) is 12.6. The fraction of sp³-hybridized carbons (Fsp3) is 0.150. The number of anilines is 1. The van der Waals surface area contributed by atoms with Crippen molar-refractivity contribution in [1.29, 1.82) is 0 Å². The fourth-order valence-electron chi connectivity index (χ4n) is 3.30. The van der Waals surface area contributed by atoms with E-state index in [1.807, 2.05) is 18.2 Å². The lowest BCUT2D eigenvalue weighted by Crippen LogP contribution is -2.39. The number of nitrogens with one attached hydrogen (secondary N) is 3. The highest BCUT2D eigenvalue weighted by atomic mass is 35.5. The molecule has 0 saturated carbocycles. The lowest BCUT2D eigenvalue weighted by atomic mass is 9.96. The van der Waals surface area contributed by atoms with Gasteiger partial charge in [-0.05, 0) is 41.0 Å². The van der Waals surface area contributed by atoms with Crippen molar-refractivity contribution in [3.63, 3.8) is 0 Å². The molecule has 3 aromatic carbocycles. The average molecular weight is 386 g/mol. The number of halogens is 2. The van der Waals surface area contributed by atoms with Crippen molar-refractivity contribution in [3.05, 3.63) is 76.3 Å². The van der Waals surface area contributed by atoms with Crippen molar-refractivity contribution in [2.75, 3.05) is 5.32 Å². The normalized spacial score (nSPS) is 19.6. The summed E-state index contributed by atoms with van der Waals surface area (Å²) in [6, 6.07) is 19.1. The molecule has 4 nitrogen and oxygen atoms in total. The monoisotopic (exact) mass is 385 g/mol. The Balaban J connectivity index is 1.51. The minimum atomic E-state index is -0.367. The number of rotatable bonds is 3. The minimum absolute atomic E-state index is 0.0479. The number of amides is 1. The van der Waals surface area contributed by atoms with Gasteiger partial charge >= 0.3 is 0 Å². The van der Waals surface area contributed by atoms with Crippen LogP contribution >= 0.6 is 23.2 Å². The Bertz CT molecular complexity index is 971. The Morgan fingerprint density at radius 2 is 1.81 bits per heavy atom. The number of hydrazine groups is 1. The SMILES string of the molecule is O=C(Nc1cc(Cl)ccc1Cl)C1CC(c2cccc3ccccc23)NN1. The van der Waals surface area contributed by atoms with Crippen LogP contribution in [0.3, 0.4) is 0 Å². The van der Waals surface area contributed by atoms with Gasteiger partial charge in [-0.2, -0.15) is 0 Å². The van der Waals surface area contributed by atoms with Crippen molar-refractivity contribution >= 4 is 45.6 Å². The van der Waals surface area contributed by atoms with Gasteiger partial charge in [-0.1, -0.05) is 65.7 Å². The molecule has 1 amide bonds. The molecule has 0 aromatic heterocycles. The fourth-order valence-corrected chi connectivity index (χ4v) is 3.64. The molecule has 1 saturated heterocycles. The quantitative estimate of drug-likeness (QED) is 0.612. The van der Waals surface area contributed by atoms with E-state index in [4.69, 9.17) is 23.2 Å². The van der Waals surface area contributed by atoms with Crippen LogP contribution in [-0.4, -0.2) is 11.9 Å². The number of benzene rings is 3. The molecule has 0 spiro atoms. The van der Waals surface area contributed by atoms with Gasteiger partial charge in [-0.25, -0.2) is 10.9 Å². The summed E-state index contributed by atoms with van der Waals surface area (Å²) in [6.45, 7) is 0. The summed E-state index contributed by atoms with van der Waals surface area (Å²) in [7, 11) is 0. The Labute approximate surface area is 161 Å². The molecule has 0 radical (unpaired) electrons. The smallest absolute Gasteiger partial charge is 0.242 e. The highest BCUT2D eigenvalue weighted by Gasteiger charge is 2.31. The van der Waals surface area contributed by atoms with Crippen molar-refractivity contribution in [2.45, 2.75) is 18.5 Å². The molecule has 1 heterocycles. The van der Waals surface area contributed by atoms with Gasteiger partial charge in [0.25, 0.3) is 0 Å². The Morgan fingerprint density at radius 1 is 1.00 bits per heavy atom. The van der Waals surface area contributed by atoms with Gasteiger partial charge < -0.3 is 5.32 Å². The average Bonchev–Trinajstić information content (AvgIpc) is 3.14. The van der Waals surface area contributed by atoms with Gasteiger partial charge in [-0.15, -0.1) is 0 Å². The van der Waals surface area contributed by atoms with Crippen molar-refractivity contribution < 1.29 is 4.79 Å². The molecule has 3 aromatic rings. The minimum Gasteiger partial charge on any atom is -0.323 e. The lowest BCUT2D eigenvalue weighted by Gasteiger charge is -2.13. The molecular weight excluding hydrogens is 369 g/mol. The van der Waals surface area contributed by atoms with E-state index >= 15 is 0 Å². The Hall–Kier alpha value is -2.11. The number of fused-ring (bicyclic) bond motifs is 1. The van der Waals surface area contributed by atoms with Crippen LogP contribution in [0.2, 0.25) is 10.0 Å². The summed E-state index contributed by atoms with van der Waals surface area (Å²) in [6.07, 6.45) is 0.637. The van der Waals surface area contributed by atoms with Gasteiger partial charge in [0.15, 0.2) is 0 Å². The summed E-state index contributed by atoms with van der Waals surface area (Å²) in [5.74, 6) is -0.149. The summed E-state index contributed by atoms with van der Waals surface area (Å²) >= 11 is 12.1. The third kappa shape index (κ3) is 3.41. The second-order valence-corrected chi connectivity index (χ2v) is 7.15. The largest absolute Gasteiger partial charge is 0.323 e. The second-order valence-electron chi connectivity index (χ2n) is 6.31. The molecule has 2 atom stereocenters. The molecule has 1 fully saturated rings. The molecule has 3 N–H and O–H groups in total. The van der Waals surface area contributed by atoms with Crippen LogP contribution in [0.4, 0.5) is 5.69 Å². The molecule has 2 unspecified atom stereocenters. The third-order valence-corrected chi connectivity index (χ3v) is 5.17. The van der Waals surface area contributed by atoms with E-state index in [1.165, 1.54) is 16.3 Å². The van der Waals surface area contributed by atoms with E-state index < -0.39 is 0 Å². The van der Waals surface area contributed by atoms with E-state index in [1.54, 1.807) is 18.2 Å². The second kappa shape index (κ2) is 7.25. The van der Waals surface area contributed by atoms with Gasteiger partial charge in [0.2, 0.25) is 5.91 Å². The predicted molar refractivity (Wildman–Crippen MR) is 106 cm³/mol. The van der Waals surface area contributed by atoms with E-state index in [-0.39, 0.29) is 18.0 Å². The van der Waals surface area contributed by atoms with Crippen LogP contribution in [0.15, 0.2) is 60.7 Å². The van der Waals surface area contributed by atoms with Crippen LogP contribution in [0, 0.1) is 0 Å². The van der Waals surface area contributed by atoms with E-state index in [9.17, 15) is 4.79 Å². The van der Waals surface area contributed by atoms with Crippen LogP contribution in [0.5, 0.6) is 0 Å². The molecular formula is C20H17Cl2N3O. The van der Waals surface area contributed by atoms with Crippen molar-refractivity contribution in [3.8, 4) is 0 Å². The van der Waals surface area contributed by atoms with Gasteiger partial charge in [0, 0.05) is 11.1 Å². The standard InChI is InChI=1S/C20H17Cl2N3O/c21-13-8-9-16(22)18(10-13)23-20(26)19-11-17(24-25-19)15-7-3-5-12-4-1-2-6-14(12)15/h1-10,17,19,24-25H,11H2,(H,23,26). The third-order valence-electron chi connectivity index (χ3n) is 4.60. The van der Waals surface area contributed by atoms with E-state index in [0.29, 0.717) is 22.2 Å². The number of hydrogen-bond acceptors (Lipinski definition) is 3. The molecule has 0 aliphatic carbocycles. The molecule has 132 valence electrons. The maximum absolute atomic E-state index is 12.6. The Kier molecular flexibility index (Phi) is 4.83. The first-order valence-electron chi connectivity index (χ1n) is 8.36. The molecule has 1 aliphatic rings. The van der Waals surface area contributed by atoms with Crippen LogP contribution in [-0.2, 0) is 4.79 Å². The summed E-state index contributed by atoms with van der Waals surface area (Å²) < 4.78 is 0. The molecule has 6 heteroatoms. The highest BCUT2D eigenvalue weighted by molar-refractivity contribution is 6.35. The first-order valence-corrected chi connectivity index (χ1v) is 9.12. The van der Waals surface area contributed by atoms with Crippen LogP contribution in [0.25, 0.3) is 10.8 Å². The number of hydrogen-bond donors (Lipinski definition) is 3. The maximum Gasteiger partial charge on any atom is 0.242 e. The van der Waals surface area contributed by atoms with Crippen LogP contribution < -0.4 is 16.2 Å². The molecule has 0 bridgehead atoms. The summed E-state index contributed by atoms with van der Waals surface area (Å²) in [5.41, 5.74) is 8.01. The zero-order chi connectivity index (χ0) is 18.1. The van der Waals surface area contributed by atoms with Gasteiger partial charge in [-0.3, -0.25) is 4.79 Å². The number of carbonyl (C=O) groups is 1. The number of carbonyl (C=O) groups excluding carboxylic acids is 1. The Morgan fingerprint density at radius 3 is 2.69 bits per heavy atom. The van der Waals surface area contributed by atoms with Gasteiger partial charge in [0.05, 0.1) is 10.7 Å². The summed E-state index contributed by atoms with van der Waals surface area (Å²) in [4.78, 5) is 12.6. The zero-order valence-electron chi connectivity index (χ0n) is 13.8. The highest BCUT2D eigenvalue weighted by Crippen LogP contribution is 2.30. The van der Waals surface area contributed by atoms with Crippen LogP contribution in [0.1, 0.15) is 18.0 Å². The van der Waals surface area contributed by atoms with E-state index in [2.05, 4.69) is 40.4 Å². The summed E-state index contributed by atoms with van der Waals surface area (Å²) in [5, 5.41) is 6.20. The van der Waals surface area contributed by atoms with E-state index in [0.717, 1.165) is 0 Å². The lowest BCUT2D eigenvalue weighted by molar-refractivity contribution is -0.117. The molecule has 4 rings (SSSR count). The predicted octanol–water partition coefficient (Wildman–Crippen LogP) is 4.69. The molecule has 1 aliphatic heterocycles. The molecule has 26 heavy (non-hydrogen) atoms. The topological polar surface area (TPSA) is 53.2 Å². The van der Waals surface area contributed by atoms with Crippen molar-refractivity contribution in [2.24, 2.45) is 0 Å². The first kappa shape index (κ1) is 17.3. The van der Waals surface area contributed by atoms with Crippen molar-refractivity contribution in [1.82, 2.24) is 10.9 Å². The zero-order valence-corrected chi connectivity index (χ0v) is 15.3.